The van der Waals surface area contributed by atoms with Crippen LogP contribution in [-0.4, -0.2) is 25.2 Å². The zero-order chi connectivity index (χ0) is 25.9. The minimum absolute atomic E-state index is 0.604. The standard InChI is InChI=1S/C33H25N5/c1-3-11-28(35-23(2)38-32-19-8-7-14-25(32)26-22-34-21-20-33(26)38)29-17-10-18-31(37-29)30-16-9-15-27(36-30)24-12-5-4-6-13-24/h3-22H,2H2,1H3/b11-3-,35-28?. The first kappa shape index (κ1) is 23.3. The number of pyridine rings is 3. The molecular formula is C33H25N5. The number of hydrogen-bond acceptors (Lipinski definition) is 4. The molecule has 5 nitrogen and oxygen atoms in total. The molecule has 0 N–H and O–H groups in total. The highest BCUT2D eigenvalue weighted by Crippen LogP contribution is 2.31. The lowest BCUT2D eigenvalue weighted by Crippen LogP contribution is -2.04. The molecule has 4 heterocycles. The second kappa shape index (κ2) is 10.1. The van der Waals surface area contributed by atoms with Crippen molar-refractivity contribution in [2.24, 2.45) is 4.99 Å². The van der Waals surface area contributed by atoms with Crippen molar-refractivity contribution in [1.29, 1.82) is 0 Å². The summed E-state index contributed by atoms with van der Waals surface area (Å²) >= 11 is 0. The Kier molecular flexibility index (Phi) is 6.16. The smallest absolute Gasteiger partial charge is 0.131 e. The summed E-state index contributed by atoms with van der Waals surface area (Å²) < 4.78 is 2.07. The number of nitrogens with zero attached hydrogens (tertiary/aromatic N) is 5. The average Bonchev–Trinajstić information content (AvgIpc) is 3.32. The molecule has 0 aliphatic heterocycles. The lowest BCUT2D eigenvalue weighted by Gasteiger charge is -2.10. The van der Waals surface area contributed by atoms with E-state index in [1.165, 1.54) is 0 Å². The summed E-state index contributed by atoms with van der Waals surface area (Å²) in [6, 6.07) is 32.3. The molecule has 182 valence electrons. The lowest BCUT2D eigenvalue weighted by atomic mass is 10.1. The van der Waals surface area contributed by atoms with E-state index in [2.05, 4.69) is 40.4 Å². The number of fused-ring (bicyclic) bond motifs is 3. The van der Waals surface area contributed by atoms with Gasteiger partial charge in [0, 0.05) is 28.7 Å². The summed E-state index contributed by atoms with van der Waals surface area (Å²) in [5.41, 5.74) is 7.08. The summed E-state index contributed by atoms with van der Waals surface area (Å²) in [6.45, 7) is 6.32. The van der Waals surface area contributed by atoms with Gasteiger partial charge in [-0.25, -0.2) is 15.0 Å². The largest absolute Gasteiger partial charge is 0.294 e. The number of hydrogen-bond donors (Lipinski definition) is 0. The molecule has 0 bridgehead atoms. The average molecular weight is 492 g/mol. The van der Waals surface area contributed by atoms with E-state index in [-0.39, 0.29) is 0 Å². The normalized spacial score (nSPS) is 12.0. The molecule has 6 rings (SSSR count). The van der Waals surface area contributed by atoms with Crippen LogP contribution in [0.4, 0.5) is 0 Å². The van der Waals surface area contributed by atoms with Gasteiger partial charge in [0.15, 0.2) is 0 Å². The highest BCUT2D eigenvalue weighted by molar-refractivity contribution is 6.12. The van der Waals surface area contributed by atoms with Gasteiger partial charge in [0.1, 0.15) is 5.82 Å². The SMILES string of the molecule is C=C(N=C(/C=C\C)c1cccc(-c2cccc(-c3ccccc3)n2)n1)n1c2ccccc2c2cnccc21. The van der Waals surface area contributed by atoms with Crippen molar-refractivity contribution in [1.82, 2.24) is 19.5 Å². The summed E-state index contributed by atoms with van der Waals surface area (Å²) in [5, 5.41) is 2.18. The Morgan fingerprint density at radius 1 is 0.737 bits per heavy atom. The number of aliphatic imine (C=N–C) groups is 1. The molecule has 0 radical (unpaired) electrons. The van der Waals surface area contributed by atoms with Crippen molar-refractivity contribution < 1.29 is 0 Å². The van der Waals surface area contributed by atoms with Crippen LogP contribution in [0.3, 0.4) is 0 Å². The Labute approximate surface area is 221 Å². The Balaban J connectivity index is 1.42. The van der Waals surface area contributed by atoms with E-state index in [1.54, 1.807) is 6.20 Å². The quantitative estimate of drug-likeness (QED) is 0.223. The number of aromatic nitrogens is 4. The first-order chi connectivity index (χ1) is 18.7. The summed E-state index contributed by atoms with van der Waals surface area (Å²) in [5.74, 6) is 0.604. The van der Waals surface area contributed by atoms with Crippen LogP contribution in [0.1, 0.15) is 12.6 Å². The van der Waals surface area contributed by atoms with Gasteiger partial charge in [-0.1, -0.05) is 73.3 Å². The van der Waals surface area contributed by atoms with Crippen molar-refractivity contribution in [3.05, 3.63) is 134 Å². The van der Waals surface area contributed by atoms with Crippen molar-refractivity contribution in [2.45, 2.75) is 6.92 Å². The number of para-hydroxylation sites is 1. The van der Waals surface area contributed by atoms with E-state index in [0.29, 0.717) is 5.82 Å². The molecule has 0 aliphatic rings. The van der Waals surface area contributed by atoms with Gasteiger partial charge in [-0.15, -0.1) is 0 Å². The third-order valence-corrected chi connectivity index (χ3v) is 6.40. The number of allylic oxidation sites excluding steroid dienone is 2. The van der Waals surface area contributed by atoms with E-state index in [4.69, 9.17) is 15.0 Å². The maximum Gasteiger partial charge on any atom is 0.131 e. The van der Waals surface area contributed by atoms with Gasteiger partial charge in [0.25, 0.3) is 0 Å². The van der Waals surface area contributed by atoms with Gasteiger partial charge >= 0.3 is 0 Å². The van der Waals surface area contributed by atoms with Gasteiger partial charge < -0.3 is 0 Å². The molecule has 0 aliphatic carbocycles. The zero-order valence-electron chi connectivity index (χ0n) is 21.0. The fraction of sp³-hybridized carbons (Fsp3) is 0.0303. The summed E-state index contributed by atoms with van der Waals surface area (Å²) in [7, 11) is 0. The van der Waals surface area contributed by atoms with Crippen molar-refractivity contribution in [3.8, 4) is 22.6 Å². The van der Waals surface area contributed by atoms with Crippen molar-refractivity contribution >= 4 is 33.3 Å². The van der Waals surface area contributed by atoms with E-state index < -0.39 is 0 Å². The molecule has 0 saturated carbocycles. The van der Waals surface area contributed by atoms with Crippen LogP contribution in [0, 0.1) is 0 Å². The predicted molar refractivity (Wildman–Crippen MR) is 157 cm³/mol. The molecule has 0 saturated heterocycles. The van der Waals surface area contributed by atoms with Crippen LogP contribution in [0.25, 0.3) is 50.3 Å². The fourth-order valence-electron chi connectivity index (χ4n) is 4.69. The molecule has 0 amide bonds. The summed E-state index contributed by atoms with van der Waals surface area (Å²) in [4.78, 5) is 19.1. The highest BCUT2D eigenvalue weighted by atomic mass is 15.1. The molecule has 0 spiro atoms. The Morgan fingerprint density at radius 3 is 2.29 bits per heavy atom. The Bertz CT molecular complexity index is 1790. The van der Waals surface area contributed by atoms with Crippen molar-refractivity contribution in [3.63, 3.8) is 0 Å². The van der Waals surface area contributed by atoms with Crippen LogP contribution in [-0.2, 0) is 0 Å². The zero-order valence-corrected chi connectivity index (χ0v) is 21.0. The molecule has 4 aromatic heterocycles. The molecule has 0 atom stereocenters. The third kappa shape index (κ3) is 4.31. The maximum atomic E-state index is 4.97. The molecule has 2 aromatic carbocycles. The fourth-order valence-corrected chi connectivity index (χ4v) is 4.69. The monoisotopic (exact) mass is 491 g/mol. The first-order valence-corrected chi connectivity index (χ1v) is 12.5. The van der Waals surface area contributed by atoms with Gasteiger partial charge in [-0.05, 0) is 49.4 Å². The second-order valence-electron chi connectivity index (χ2n) is 8.84. The maximum absolute atomic E-state index is 4.97. The van der Waals surface area contributed by atoms with Crippen molar-refractivity contribution in [2.75, 3.05) is 0 Å². The van der Waals surface area contributed by atoms with Gasteiger partial charge in [0.2, 0.25) is 0 Å². The summed E-state index contributed by atoms with van der Waals surface area (Å²) in [6.07, 6.45) is 7.61. The molecule has 0 fully saturated rings. The Hall–Kier alpha value is -5.16. The second-order valence-corrected chi connectivity index (χ2v) is 8.84. The molecular weight excluding hydrogens is 466 g/mol. The minimum atomic E-state index is 0.604. The van der Waals surface area contributed by atoms with Crippen LogP contribution in [0.5, 0.6) is 0 Å². The molecule has 0 unspecified atom stereocenters. The third-order valence-electron chi connectivity index (χ3n) is 6.40. The number of benzene rings is 2. The number of rotatable bonds is 6. The van der Waals surface area contributed by atoms with Gasteiger partial charge in [0.05, 0.1) is 39.5 Å². The van der Waals surface area contributed by atoms with Crippen LogP contribution in [0.15, 0.2) is 133 Å². The van der Waals surface area contributed by atoms with E-state index in [9.17, 15) is 0 Å². The van der Waals surface area contributed by atoms with Crippen LogP contribution >= 0.6 is 0 Å². The van der Waals surface area contributed by atoms with Crippen LogP contribution < -0.4 is 0 Å². The molecule has 5 heteroatoms. The first-order valence-electron chi connectivity index (χ1n) is 12.5. The van der Waals surface area contributed by atoms with E-state index in [0.717, 1.165) is 55.9 Å². The minimum Gasteiger partial charge on any atom is -0.294 e. The molecule has 6 aromatic rings. The molecule has 38 heavy (non-hydrogen) atoms. The van der Waals surface area contributed by atoms with Gasteiger partial charge in [-0.2, -0.15) is 0 Å². The lowest BCUT2D eigenvalue weighted by molar-refractivity contribution is 1.17. The Morgan fingerprint density at radius 2 is 1.45 bits per heavy atom. The highest BCUT2D eigenvalue weighted by Gasteiger charge is 2.14. The predicted octanol–water partition coefficient (Wildman–Crippen LogP) is 7.81. The van der Waals surface area contributed by atoms with E-state index in [1.807, 2.05) is 98.1 Å². The topological polar surface area (TPSA) is 56.0 Å². The van der Waals surface area contributed by atoms with Gasteiger partial charge in [-0.3, -0.25) is 9.55 Å². The van der Waals surface area contributed by atoms with Crippen LogP contribution in [0.2, 0.25) is 0 Å². The van der Waals surface area contributed by atoms with E-state index >= 15 is 0 Å².